The molecule has 2 heterocycles. The third-order valence-corrected chi connectivity index (χ3v) is 7.46. The van der Waals surface area contributed by atoms with Gasteiger partial charge in [0.2, 0.25) is 10.0 Å². The van der Waals surface area contributed by atoms with Gasteiger partial charge in [-0.25, -0.2) is 8.42 Å². The SMILES string of the molecule is CC1CCN(S(=O)(=O)c2ccc(NCC(=O)c3ccc4c(c3)OCCO4)cc2)CC1. The van der Waals surface area contributed by atoms with Gasteiger partial charge in [0.25, 0.3) is 0 Å². The summed E-state index contributed by atoms with van der Waals surface area (Å²) in [7, 11) is -3.47. The number of ether oxygens (including phenoxy) is 2. The Balaban J connectivity index is 1.37. The first kappa shape index (κ1) is 20.7. The zero-order valence-corrected chi connectivity index (χ0v) is 17.8. The van der Waals surface area contributed by atoms with Crippen LogP contribution in [0.5, 0.6) is 11.5 Å². The number of rotatable bonds is 6. The summed E-state index contributed by atoms with van der Waals surface area (Å²) in [4.78, 5) is 12.8. The second-order valence-electron chi connectivity index (χ2n) is 7.75. The summed E-state index contributed by atoms with van der Waals surface area (Å²) in [5.74, 6) is 1.69. The maximum absolute atomic E-state index is 12.8. The first-order chi connectivity index (χ1) is 14.4. The van der Waals surface area contributed by atoms with Crippen molar-refractivity contribution in [3.63, 3.8) is 0 Å². The van der Waals surface area contributed by atoms with Crippen molar-refractivity contribution >= 4 is 21.5 Å². The van der Waals surface area contributed by atoms with Gasteiger partial charge in [-0.05, 0) is 61.2 Å². The molecule has 0 atom stereocenters. The minimum absolute atomic E-state index is 0.0916. The van der Waals surface area contributed by atoms with E-state index in [0.717, 1.165) is 12.8 Å². The van der Waals surface area contributed by atoms with Gasteiger partial charge < -0.3 is 14.8 Å². The average Bonchev–Trinajstić information content (AvgIpc) is 2.77. The Hall–Kier alpha value is -2.58. The van der Waals surface area contributed by atoms with Crippen molar-refractivity contribution in [3.05, 3.63) is 48.0 Å². The number of nitrogens with one attached hydrogen (secondary N) is 1. The fourth-order valence-electron chi connectivity index (χ4n) is 3.62. The second kappa shape index (κ2) is 8.65. The van der Waals surface area contributed by atoms with Crippen LogP contribution in [0.3, 0.4) is 0 Å². The van der Waals surface area contributed by atoms with Crippen LogP contribution in [0.1, 0.15) is 30.1 Å². The average molecular weight is 431 g/mol. The molecule has 8 heteroatoms. The maximum Gasteiger partial charge on any atom is 0.243 e. The van der Waals surface area contributed by atoms with Crippen LogP contribution >= 0.6 is 0 Å². The largest absolute Gasteiger partial charge is 0.486 e. The number of ketones is 1. The summed E-state index contributed by atoms with van der Waals surface area (Å²) in [5, 5.41) is 3.06. The Morgan fingerprint density at radius 2 is 1.70 bits per heavy atom. The molecule has 30 heavy (non-hydrogen) atoms. The predicted octanol–water partition coefficient (Wildman–Crippen LogP) is 3.17. The van der Waals surface area contributed by atoms with E-state index in [4.69, 9.17) is 9.47 Å². The summed E-state index contributed by atoms with van der Waals surface area (Å²) in [6.45, 7) is 4.34. The minimum Gasteiger partial charge on any atom is -0.486 e. The Bertz CT molecular complexity index is 1010. The molecule has 2 aliphatic rings. The fourth-order valence-corrected chi connectivity index (χ4v) is 5.09. The van der Waals surface area contributed by atoms with Gasteiger partial charge in [0.15, 0.2) is 17.3 Å². The number of piperidine rings is 1. The molecule has 0 spiro atoms. The zero-order valence-electron chi connectivity index (χ0n) is 17.0. The molecule has 2 aliphatic heterocycles. The molecular formula is C22H26N2O5S. The number of sulfonamides is 1. The summed E-state index contributed by atoms with van der Waals surface area (Å²) >= 11 is 0. The standard InChI is InChI=1S/C22H26N2O5S/c1-16-8-10-24(11-9-16)30(26,27)19-5-3-18(4-6-19)23-15-20(25)17-2-7-21-22(14-17)29-13-12-28-21/h2-7,14,16,23H,8-13,15H2,1H3. The lowest BCUT2D eigenvalue weighted by molar-refractivity contribution is 0.100. The van der Waals surface area contributed by atoms with Gasteiger partial charge >= 0.3 is 0 Å². The normalized spacial score (nSPS) is 17.5. The van der Waals surface area contributed by atoms with E-state index < -0.39 is 10.0 Å². The number of carbonyl (C=O) groups excluding carboxylic acids is 1. The molecule has 4 rings (SSSR count). The lowest BCUT2D eigenvalue weighted by Crippen LogP contribution is -2.37. The van der Waals surface area contributed by atoms with E-state index >= 15 is 0 Å². The highest BCUT2D eigenvalue weighted by Crippen LogP contribution is 2.31. The van der Waals surface area contributed by atoms with Crippen LogP contribution in [0.15, 0.2) is 47.4 Å². The first-order valence-electron chi connectivity index (χ1n) is 10.2. The van der Waals surface area contributed by atoms with Crippen LogP contribution in [0.4, 0.5) is 5.69 Å². The summed E-state index contributed by atoms with van der Waals surface area (Å²) < 4.78 is 38.2. The number of hydrogen-bond acceptors (Lipinski definition) is 6. The highest BCUT2D eigenvalue weighted by Gasteiger charge is 2.27. The molecule has 7 nitrogen and oxygen atoms in total. The highest BCUT2D eigenvalue weighted by molar-refractivity contribution is 7.89. The number of benzene rings is 2. The van der Waals surface area contributed by atoms with Crippen molar-refractivity contribution in [1.82, 2.24) is 4.31 Å². The van der Waals surface area contributed by atoms with Crippen molar-refractivity contribution in [3.8, 4) is 11.5 Å². The maximum atomic E-state index is 12.8. The number of fused-ring (bicyclic) bond motifs is 1. The van der Waals surface area contributed by atoms with Gasteiger partial charge in [-0.3, -0.25) is 4.79 Å². The minimum atomic E-state index is -3.47. The van der Waals surface area contributed by atoms with Crippen LogP contribution in [-0.2, 0) is 10.0 Å². The van der Waals surface area contributed by atoms with E-state index in [9.17, 15) is 13.2 Å². The molecular weight excluding hydrogens is 404 g/mol. The van der Waals surface area contributed by atoms with E-state index in [-0.39, 0.29) is 17.2 Å². The van der Waals surface area contributed by atoms with Crippen molar-refractivity contribution < 1.29 is 22.7 Å². The van der Waals surface area contributed by atoms with Crippen molar-refractivity contribution in [1.29, 1.82) is 0 Å². The Morgan fingerprint density at radius 3 is 2.40 bits per heavy atom. The quantitative estimate of drug-likeness (QED) is 0.709. The summed E-state index contributed by atoms with van der Waals surface area (Å²) in [6, 6.07) is 11.7. The molecule has 1 fully saturated rings. The third-order valence-electron chi connectivity index (χ3n) is 5.55. The molecule has 0 radical (unpaired) electrons. The number of nitrogens with zero attached hydrogens (tertiary/aromatic N) is 1. The molecule has 0 amide bonds. The monoisotopic (exact) mass is 430 g/mol. The van der Waals surface area contributed by atoms with E-state index in [2.05, 4.69) is 12.2 Å². The molecule has 0 saturated carbocycles. The lowest BCUT2D eigenvalue weighted by Gasteiger charge is -2.29. The van der Waals surface area contributed by atoms with Crippen LogP contribution in [0.25, 0.3) is 0 Å². The van der Waals surface area contributed by atoms with Crippen LogP contribution < -0.4 is 14.8 Å². The number of anilines is 1. The molecule has 0 aliphatic carbocycles. The number of carbonyl (C=O) groups is 1. The van der Waals surface area contributed by atoms with Crippen molar-refractivity contribution in [2.45, 2.75) is 24.7 Å². The Labute approximate surface area is 177 Å². The first-order valence-corrected chi connectivity index (χ1v) is 11.6. The highest BCUT2D eigenvalue weighted by atomic mass is 32.2. The molecule has 2 aromatic rings. The zero-order chi connectivity index (χ0) is 21.1. The van der Waals surface area contributed by atoms with Crippen LogP contribution in [-0.4, -0.2) is 51.4 Å². The van der Waals surface area contributed by atoms with Crippen molar-refractivity contribution in [2.24, 2.45) is 5.92 Å². The second-order valence-corrected chi connectivity index (χ2v) is 9.68. The molecule has 0 bridgehead atoms. The van der Waals surface area contributed by atoms with E-state index in [1.807, 2.05) is 0 Å². The topological polar surface area (TPSA) is 84.9 Å². The van der Waals surface area contributed by atoms with E-state index in [1.165, 1.54) is 0 Å². The molecule has 0 aromatic heterocycles. The number of hydrogen-bond donors (Lipinski definition) is 1. The molecule has 160 valence electrons. The predicted molar refractivity (Wildman–Crippen MR) is 114 cm³/mol. The molecule has 0 unspecified atom stereocenters. The third kappa shape index (κ3) is 4.44. The fraction of sp³-hybridized carbons (Fsp3) is 0.409. The smallest absolute Gasteiger partial charge is 0.243 e. The van der Waals surface area contributed by atoms with E-state index in [1.54, 1.807) is 46.8 Å². The van der Waals surface area contributed by atoms with Gasteiger partial charge in [-0.1, -0.05) is 6.92 Å². The lowest BCUT2D eigenvalue weighted by atomic mass is 10.0. The number of Topliss-reactive ketones (excluding diaryl/α,β-unsaturated/α-hetero) is 1. The Kier molecular flexibility index (Phi) is 5.97. The molecule has 1 saturated heterocycles. The summed E-state index contributed by atoms with van der Waals surface area (Å²) in [6.07, 6.45) is 1.78. The van der Waals surface area contributed by atoms with Gasteiger partial charge in [0.05, 0.1) is 11.4 Å². The van der Waals surface area contributed by atoms with Crippen LogP contribution in [0, 0.1) is 5.92 Å². The van der Waals surface area contributed by atoms with Gasteiger partial charge in [-0.2, -0.15) is 4.31 Å². The van der Waals surface area contributed by atoms with Gasteiger partial charge in [0, 0.05) is 24.3 Å². The van der Waals surface area contributed by atoms with Crippen molar-refractivity contribution in [2.75, 3.05) is 38.2 Å². The van der Waals surface area contributed by atoms with Gasteiger partial charge in [-0.15, -0.1) is 0 Å². The van der Waals surface area contributed by atoms with Gasteiger partial charge in [0.1, 0.15) is 13.2 Å². The van der Waals surface area contributed by atoms with E-state index in [0.29, 0.717) is 55.0 Å². The summed E-state index contributed by atoms with van der Waals surface area (Å²) in [5.41, 5.74) is 1.22. The van der Waals surface area contributed by atoms with Crippen LogP contribution in [0.2, 0.25) is 0 Å². The Morgan fingerprint density at radius 1 is 1.03 bits per heavy atom. The molecule has 2 aromatic carbocycles. The molecule has 1 N–H and O–H groups in total.